The molecule has 0 aliphatic rings. The highest BCUT2D eigenvalue weighted by atomic mass is 15.2. The van der Waals surface area contributed by atoms with Crippen LogP contribution in [-0.4, -0.2) is 29.0 Å². The minimum absolute atomic E-state index is 0.550. The smallest absolute Gasteiger partial charge is 0.230 e. The van der Waals surface area contributed by atoms with Crippen LogP contribution in [-0.2, 0) is 0 Å². The molecule has 17 heavy (non-hydrogen) atoms. The maximum absolute atomic E-state index is 4.36. The van der Waals surface area contributed by atoms with E-state index in [-0.39, 0.29) is 0 Å². The summed E-state index contributed by atoms with van der Waals surface area (Å²) in [6.45, 7) is 1.95. The number of aryl methyl sites for hydroxylation is 1. The molecule has 0 aliphatic heterocycles. The van der Waals surface area contributed by atoms with Crippen LogP contribution < -0.4 is 10.2 Å². The van der Waals surface area contributed by atoms with E-state index in [1.54, 1.807) is 6.20 Å². The molecule has 88 valence electrons. The first-order valence-corrected chi connectivity index (χ1v) is 5.36. The fraction of sp³-hybridized carbons (Fsp3) is 0.250. The van der Waals surface area contributed by atoms with Crippen LogP contribution in [0.15, 0.2) is 30.5 Å². The summed E-state index contributed by atoms with van der Waals surface area (Å²) in [7, 11) is 3.88. The number of rotatable bonds is 3. The minimum Gasteiger partial charge on any atom is -0.363 e. The van der Waals surface area contributed by atoms with E-state index in [2.05, 4.69) is 20.3 Å². The molecule has 0 atom stereocenters. The fourth-order valence-corrected chi connectivity index (χ4v) is 1.39. The molecule has 0 radical (unpaired) electrons. The van der Waals surface area contributed by atoms with Gasteiger partial charge < -0.3 is 10.2 Å². The second kappa shape index (κ2) is 4.78. The predicted molar refractivity (Wildman–Crippen MR) is 68.6 cm³/mol. The number of nitrogens with one attached hydrogen (secondary N) is 1. The predicted octanol–water partition coefficient (Wildman–Crippen LogP) is 1.99. The number of aromatic nitrogens is 3. The summed E-state index contributed by atoms with van der Waals surface area (Å²) in [5.41, 5.74) is 0.957. The van der Waals surface area contributed by atoms with E-state index in [0.29, 0.717) is 5.95 Å². The number of hydrogen-bond donors (Lipinski definition) is 1. The molecule has 5 nitrogen and oxygen atoms in total. The average Bonchev–Trinajstić information content (AvgIpc) is 2.29. The monoisotopic (exact) mass is 229 g/mol. The van der Waals surface area contributed by atoms with Gasteiger partial charge in [0.05, 0.1) is 0 Å². The Morgan fingerprint density at radius 3 is 2.65 bits per heavy atom. The third-order valence-electron chi connectivity index (χ3n) is 2.23. The molecule has 2 aromatic heterocycles. The van der Waals surface area contributed by atoms with Crippen molar-refractivity contribution in [3.63, 3.8) is 0 Å². The van der Waals surface area contributed by atoms with Crippen molar-refractivity contribution >= 4 is 17.6 Å². The quantitative estimate of drug-likeness (QED) is 0.872. The Balaban J connectivity index is 2.21. The van der Waals surface area contributed by atoms with Crippen LogP contribution >= 0.6 is 0 Å². The summed E-state index contributed by atoms with van der Waals surface area (Å²) in [5.74, 6) is 2.16. The van der Waals surface area contributed by atoms with Gasteiger partial charge in [-0.3, -0.25) is 0 Å². The van der Waals surface area contributed by atoms with E-state index < -0.39 is 0 Å². The Labute approximate surface area is 101 Å². The third kappa shape index (κ3) is 2.90. The molecule has 0 fully saturated rings. The van der Waals surface area contributed by atoms with Gasteiger partial charge in [0, 0.05) is 26.0 Å². The first kappa shape index (κ1) is 11.3. The molecule has 0 aromatic carbocycles. The molecule has 0 spiro atoms. The topological polar surface area (TPSA) is 53.9 Å². The third-order valence-corrected chi connectivity index (χ3v) is 2.23. The molecule has 1 N–H and O–H groups in total. The van der Waals surface area contributed by atoms with Gasteiger partial charge in [-0.25, -0.2) is 9.97 Å². The Kier molecular flexibility index (Phi) is 3.18. The van der Waals surface area contributed by atoms with Crippen LogP contribution in [0.5, 0.6) is 0 Å². The maximum Gasteiger partial charge on any atom is 0.230 e. The van der Waals surface area contributed by atoms with E-state index >= 15 is 0 Å². The van der Waals surface area contributed by atoms with Gasteiger partial charge in [-0.05, 0) is 25.1 Å². The Bertz CT molecular complexity index is 510. The number of nitrogens with zero attached hydrogens (tertiary/aromatic N) is 4. The summed E-state index contributed by atoms with van der Waals surface area (Å²) in [6.07, 6.45) is 1.72. The minimum atomic E-state index is 0.550. The highest BCUT2D eigenvalue weighted by molar-refractivity contribution is 5.50. The van der Waals surface area contributed by atoms with Crippen LogP contribution in [0.4, 0.5) is 17.6 Å². The molecule has 0 amide bonds. The normalized spacial score (nSPS) is 10.1. The first-order valence-electron chi connectivity index (χ1n) is 5.36. The van der Waals surface area contributed by atoms with E-state index in [0.717, 1.165) is 17.3 Å². The Hall–Kier alpha value is -2.17. The van der Waals surface area contributed by atoms with Crippen LogP contribution in [0.2, 0.25) is 0 Å². The molecule has 0 bridgehead atoms. The summed E-state index contributed by atoms with van der Waals surface area (Å²) in [5, 5.41) is 3.08. The zero-order valence-electron chi connectivity index (χ0n) is 10.2. The standard InChI is InChI=1S/C12H15N5/c1-9-5-4-6-10(14-9)15-12-13-8-7-11(16-12)17(2)3/h4-8H,1-3H3,(H,13,14,15,16). The van der Waals surface area contributed by atoms with Gasteiger partial charge in [0.1, 0.15) is 11.6 Å². The van der Waals surface area contributed by atoms with Crippen molar-refractivity contribution in [2.24, 2.45) is 0 Å². The SMILES string of the molecule is Cc1cccc(Nc2nccc(N(C)C)n2)n1. The largest absolute Gasteiger partial charge is 0.363 e. The molecule has 2 aromatic rings. The second-order valence-electron chi connectivity index (χ2n) is 3.92. The second-order valence-corrected chi connectivity index (χ2v) is 3.92. The Morgan fingerprint density at radius 2 is 1.94 bits per heavy atom. The van der Waals surface area contributed by atoms with Crippen LogP contribution in [0.25, 0.3) is 0 Å². The highest BCUT2D eigenvalue weighted by Crippen LogP contribution is 2.13. The molecule has 5 heteroatoms. The molecule has 2 rings (SSSR count). The molecule has 2 heterocycles. The van der Waals surface area contributed by atoms with Crippen molar-refractivity contribution in [2.75, 3.05) is 24.3 Å². The Morgan fingerprint density at radius 1 is 1.12 bits per heavy atom. The van der Waals surface area contributed by atoms with Gasteiger partial charge in [-0.2, -0.15) is 4.98 Å². The molecule has 0 aliphatic carbocycles. The zero-order chi connectivity index (χ0) is 12.3. The average molecular weight is 229 g/mol. The number of anilines is 3. The summed E-state index contributed by atoms with van der Waals surface area (Å²) < 4.78 is 0. The molecular weight excluding hydrogens is 214 g/mol. The maximum atomic E-state index is 4.36. The molecule has 0 saturated heterocycles. The van der Waals surface area contributed by atoms with E-state index in [1.807, 2.05) is 50.2 Å². The molecule has 0 unspecified atom stereocenters. The number of hydrogen-bond acceptors (Lipinski definition) is 5. The van der Waals surface area contributed by atoms with Crippen LogP contribution in [0.3, 0.4) is 0 Å². The number of pyridine rings is 1. The zero-order valence-corrected chi connectivity index (χ0v) is 10.2. The van der Waals surface area contributed by atoms with Crippen LogP contribution in [0.1, 0.15) is 5.69 Å². The lowest BCUT2D eigenvalue weighted by atomic mass is 10.4. The lowest BCUT2D eigenvalue weighted by Crippen LogP contribution is -2.11. The van der Waals surface area contributed by atoms with Crippen molar-refractivity contribution < 1.29 is 0 Å². The van der Waals surface area contributed by atoms with Crippen molar-refractivity contribution in [1.82, 2.24) is 15.0 Å². The van der Waals surface area contributed by atoms with Crippen molar-refractivity contribution in [3.8, 4) is 0 Å². The van der Waals surface area contributed by atoms with Gasteiger partial charge in [0.25, 0.3) is 0 Å². The van der Waals surface area contributed by atoms with E-state index in [9.17, 15) is 0 Å². The molecule has 0 saturated carbocycles. The van der Waals surface area contributed by atoms with E-state index in [1.165, 1.54) is 0 Å². The van der Waals surface area contributed by atoms with E-state index in [4.69, 9.17) is 0 Å². The summed E-state index contributed by atoms with van der Waals surface area (Å²) in [4.78, 5) is 14.8. The first-order chi connectivity index (χ1) is 8.15. The van der Waals surface area contributed by atoms with Gasteiger partial charge in [0.15, 0.2) is 0 Å². The lowest BCUT2D eigenvalue weighted by Gasteiger charge is -2.12. The van der Waals surface area contributed by atoms with Crippen molar-refractivity contribution in [3.05, 3.63) is 36.2 Å². The summed E-state index contributed by atoms with van der Waals surface area (Å²) >= 11 is 0. The van der Waals surface area contributed by atoms with Gasteiger partial charge in [-0.1, -0.05) is 6.07 Å². The van der Waals surface area contributed by atoms with Gasteiger partial charge in [-0.15, -0.1) is 0 Å². The van der Waals surface area contributed by atoms with Crippen molar-refractivity contribution in [1.29, 1.82) is 0 Å². The van der Waals surface area contributed by atoms with Crippen LogP contribution in [0, 0.1) is 6.92 Å². The fourth-order valence-electron chi connectivity index (χ4n) is 1.39. The molecular formula is C12H15N5. The highest BCUT2D eigenvalue weighted by Gasteiger charge is 2.02. The van der Waals surface area contributed by atoms with Crippen molar-refractivity contribution in [2.45, 2.75) is 6.92 Å². The van der Waals surface area contributed by atoms with Gasteiger partial charge in [0.2, 0.25) is 5.95 Å². The van der Waals surface area contributed by atoms with Gasteiger partial charge >= 0.3 is 0 Å². The summed E-state index contributed by atoms with van der Waals surface area (Å²) in [6, 6.07) is 7.64. The lowest BCUT2D eigenvalue weighted by molar-refractivity contribution is 1.04.